The van der Waals surface area contributed by atoms with Gasteiger partial charge in [-0.15, -0.1) is 0 Å². The van der Waals surface area contributed by atoms with Crippen molar-refractivity contribution in [2.45, 2.75) is 6.92 Å². The fraction of sp³-hybridized carbons (Fsp3) is 0.125. The normalized spacial score (nSPS) is 9.30. The summed E-state index contributed by atoms with van der Waals surface area (Å²) in [4.78, 5) is 0. The Morgan fingerprint density at radius 2 is 2.00 bits per heavy atom. The Labute approximate surface area is 59.6 Å². The predicted octanol–water partition coefficient (Wildman–Crippen LogP) is -0.0397. The number of rotatable bonds is 1. The third kappa shape index (κ3) is 1.16. The second-order valence-corrected chi connectivity index (χ2v) is 2.20. The monoisotopic (exact) mass is 136 g/mol. The van der Waals surface area contributed by atoms with E-state index in [9.17, 15) is 5.11 Å². The lowest BCUT2D eigenvalue weighted by atomic mass is 10.1. The van der Waals surface area contributed by atoms with Gasteiger partial charge in [0, 0.05) is 6.92 Å². The molecule has 2 nitrogen and oxygen atoms in total. The molecule has 0 aliphatic rings. The van der Waals surface area contributed by atoms with Crippen LogP contribution >= 0.6 is 0 Å². The molecule has 2 heteroatoms. The number of phenolic OH excluding ortho intramolecular Hbond substituents is 1. The Balaban J connectivity index is 3.15. The Morgan fingerprint density at radius 1 is 1.40 bits per heavy atom. The van der Waals surface area contributed by atoms with Crippen LogP contribution in [0.4, 0.5) is 0 Å². The summed E-state index contributed by atoms with van der Waals surface area (Å²) < 4.78 is 0. The van der Waals surface area contributed by atoms with E-state index in [0.29, 0.717) is 11.3 Å². The number of aromatic hydroxyl groups is 1. The molecule has 10 heavy (non-hydrogen) atoms. The summed E-state index contributed by atoms with van der Waals surface area (Å²) in [5.74, 6) is 0.238. The quantitative estimate of drug-likeness (QED) is 0.523. The van der Waals surface area contributed by atoms with Gasteiger partial charge in [0.2, 0.25) is 0 Å². The number of hydrogen-bond acceptors (Lipinski definition) is 1. The zero-order chi connectivity index (χ0) is 7.56. The Kier molecular flexibility index (Phi) is 1.71. The van der Waals surface area contributed by atoms with E-state index in [2.05, 4.69) is 0 Å². The first kappa shape index (κ1) is 6.81. The van der Waals surface area contributed by atoms with E-state index < -0.39 is 0 Å². The van der Waals surface area contributed by atoms with Gasteiger partial charge in [0.25, 0.3) is 0 Å². The minimum atomic E-state index is 0.238. The summed E-state index contributed by atoms with van der Waals surface area (Å²) in [5, 5.41) is 14.7. The predicted molar refractivity (Wildman–Crippen MR) is 39.8 cm³/mol. The third-order valence-corrected chi connectivity index (χ3v) is 1.33. The van der Waals surface area contributed by atoms with E-state index in [4.69, 9.17) is 5.41 Å². The van der Waals surface area contributed by atoms with E-state index in [1.165, 1.54) is 0 Å². The van der Waals surface area contributed by atoms with E-state index >= 15 is 0 Å². The first-order valence-corrected chi connectivity index (χ1v) is 3.09. The minimum Gasteiger partial charge on any atom is -0.507 e. The summed E-state index contributed by atoms with van der Waals surface area (Å²) in [6, 6.07) is 7.00. The second-order valence-electron chi connectivity index (χ2n) is 2.20. The minimum absolute atomic E-state index is 0.238. The largest absolute Gasteiger partial charge is 0.507 e. The zero-order valence-corrected chi connectivity index (χ0v) is 5.83. The molecule has 0 aliphatic heterocycles. The highest BCUT2D eigenvalue weighted by atomic mass is 16.3. The summed E-state index contributed by atoms with van der Waals surface area (Å²) in [5.41, 5.74) is 1.35. The molecule has 0 saturated carbocycles. The van der Waals surface area contributed by atoms with Crippen molar-refractivity contribution in [3.8, 4) is 5.75 Å². The molecule has 0 aliphatic carbocycles. The van der Waals surface area contributed by atoms with Crippen LogP contribution in [0.5, 0.6) is 5.75 Å². The molecule has 0 atom stereocenters. The van der Waals surface area contributed by atoms with Gasteiger partial charge in [-0.3, -0.25) is 5.41 Å². The van der Waals surface area contributed by atoms with Crippen LogP contribution in [0.15, 0.2) is 24.3 Å². The lowest BCUT2D eigenvalue weighted by molar-refractivity contribution is -0.113. The molecule has 0 unspecified atom stereocenters. The van der Waals surface area contributed by atoms with Crippen LogP contribution in [0.2, 0.25) is 0 Å². The molecule has 1 aromatic carbocycles. The summed E-state index contributed by atoms with van der Waals surface area (Å²) in [6.45, 7) is 1.76. The van der Waals surface area contributed by atoms with Crippen molar-refractivity contribution in [2.75, 3.05) is 0 Å². The Morgan fingerprint density at radius 3 is 2.40 bits per heavy atom. The van der Waals surface area contributed by atoms with Crippen LogP contribution in [-0.4, -0.2) is 10.8 Å². The van der Waals surface area contributed by atoms with E-state index in [-0.39, 0.29) is 5.75 Å². The molecule has 0 heterocycles. The van der Waals surface area contributed by atoms with Crippen LogP contribution in [-0.2, 0) is 0 Å². The molecule has 0 fully saturated rings. The molecule has 0 radical (unpaired) electrons. The molecule has 52 valence electrons. The fourth-order valence-corrected chi connectivity index (χ4v) is 0.807. The maximum atomic E-state index is 9.18. The van der Waals surface area contributed by atoms with E-state index in [1.807, 2.05) is 6.07 Å². The van der Waals surface area contributed by atoms with Gasteiger partial charge < -0.3 is 5.11 Å². The number of benzene rings is 1. The highest BCUT2D eigenvalue weighted by Crippen LogP contribution is 2.14. The second kappa shape index (κ2) is 2.52. The highest BCUT2D eigenvalue weighted by molar-refractivity contribution is 5.96. The van der Waals surface area contributed by atoms with Crippen LogP contribution in [0.25, 0.3) is 0 Å². The number of nitrogens with two attached hydrogens (primary N) is 1. The molecule has 1 aromatic rings. The van der Waals surface area contributed by atoms with Crippen molar-refractivity contribution < 1.29 is 10.5 Å². The third-order valence-electron chi connectivity index (χ3n) is 1.33. The molecular weight excluding hydrogens is 126 g/mol. The fourth-order valence-electron chi connectivity index (χ4n) is 0.807. The van der Waals surface area contributed by atoms with Gasteiger partial charge in [-0.2, -0.15) is 0 Å². The van der Waals surface area contributed by atoms with Gasteiger partial charge in [-0.25, -0.2) is 0 Å². The average molecular weight is 136 g/mol. The van der Waals surface area contributed by atoms with Crippen molar-refractivity contribution in [2.24, 2.45) is 0 Å². The van der Waals surface area contributed by atoms with Crippen LogP contribution < -0.4 is 5.41 Å². The topological polar surface area (TPSA) is 45.8 Å². The average Bonchev–Trinajstić information content (AvgIpc) is 1.88. The first-order valence-electron chi connectivity index (χ1n) is 3.09. The maximum absolute atomic E-state index is 9.18. The number of para-hydroxylation sites is 1. The first-order chi connectivity index (χ1) is 4.72. The van der Waals surface area contributed by atoms with Crippen molar-refractivity contribution in [1.82, 2.24) is 0 Å². The number of phenols is 1. The van der Waals surface area contributed by atoms with Crippen LogP contribution in [0, 0.1) is 0 Å². The van der Waals surface area contributed by atoms with Crippen molar-refractivity contribution in [3.05, 3.63) is 29.8 Å². The molecule has 0 bridgehead atoms. The zero-order valence-electron chi connectivity index (χ0n) is 5.83. The van der Waals surface area contributed by atoms with Gasteiger partial charge >= 0.3 is 0 Å². The Bertz CT molecular complexity index is 255. The molecular formula is C8H10NO+. The van der Waals surface area contributed by atoms with Crippen LogP contribution in [0.1, 0.15) is 12.5 Å². The molecule has 0 amide bonds. The SMILES string of the molecule is CC(=[NH2+])c1ccccc1O. The van der Waals surface area contributed by atoms with Gasteiger partial charge in [0.15, 0.2) is 5.71 Å². The summed E-state index contributed by atoms with van der Waals surface area (Å²) in [7, 11) is 0. The lowest BCUT2D eigenvalue weighted by Crippen LogP contribution is -2.38. The molecule has 1 rings (SSSR count). The van der Waals surface area contributed by atoms with Gasteiger partial charge in [-0.05, 0) is 12.1 Å². The van der Waals surface area contributed by atoms with Crippen molar-refractivity contribution >= 4 is 5.71 Å². The van der Waals surface area contributed by atoms with Crippen molar-refractivity contribution in [1.29, 1.82) is 0 Å². The van der Waals surface area contributed by atoms with Crippen molar-refractivity contribution in [3.63, 3.8) is 0 Å². The molecule has 3 N–H and O–H groups in total. The van der Waals surface area contributed by atoms with E-state index in [1.54, 1.807) is 25.1 Å². The highest BCUT2D eigenvalue weighted by Gasteiger charge is 2.03. The molecule has 0 spiro atoms. The lowest BCUT2D eigenvalue weighted by Gasteiger charge is -1.95. The van der Waals surface area contributed by atoms with Gasteiger partial charge in [0.05, 0.1) is 5.56 Å². The Hall–Kier alpha value is -1.31. The van der Waals surface area contributed by atoms with Gasteiger partial charge in [0.1, 0.15) is 5.75 Å². The maximum Gasteiger partial charge on any atom is 0.180 e. The van der Waals surface area contributed by atoms with E-state index in [0.717, 1.165) is 0 Å². The molecule has 0 saturated heterocycles. The standard InChI is InChI=1S/C8H9NO/c1-6(9)7-4-2-3-5-8(7)10/h2-5,9-10H,1H3/p+1. The van der Waals surface area contributed by atoms with Gasteiger partial charge in [-0.1, -0.05) is 12.1 Å². The summed E-state index contributed by atoms with van der Waals surface area (Å²) in [6.07, 6.45) is 0. The number of hydrogen-bond donors (Lipinski definition) is 2. The smallest absolute Gasteiger partial charge is 0.180 e. The molecule has 0 aromatic heterocycles. The van der Waals surface area contributed by atoms with Crippen LogP contribution in [0.3, 0.4) is 0 Å². The summed E-state index contributed by atoms with van der Waals surface area (Å²) >= 11 is 0.